The van der Waals surface area contributed by atoms with Crippen LogP contribution in [0.2, 0.25) is 0 Å². The molecule has 4 N–H and O–H groups in total. The van der Waals surface area contributed by atoms with Gasteiger partial charge in [0.05, 0.1) is 11.3 Å². The molecule has 7 heteroatoms. The maximum atomic E-state index is 14.7. The largest absolute Gasteiger partial charge is 0.456 e. The summed E-state index contributed by atoms with van der Waals surface area (Å²) in [5.74, 6) is 0.328. The zero-order valence-electron chi connectivity index (χ0n) is 16.5. The quantitative estimate of drug-likeness (QED) is 0.749. The first-order valence-corrected chi connectivity index (χ1v) is 9.53. The molecule has 1 heterocycles. The van der Waals surface area contributed by atoms with E-state index >= 15 is 0 Å². The Kier molecular flexibility index (Phi) is 5.54. The Morgan fingerprint density at radius 1 is 1.25 bits per heavy atom. The second kappa shape index (κ2) is 7.73. The number of alkyl halides is 1. The molecular formula is C21H27FN4O2. The van der Waals surface area contributed by atoms with Crippen molar-refractivity contribution >= 4 is 17.7 Å². The Morgan fingerprint density at radius 3 is 2.57 bits per heavy atom. The molecule has 1 aliphatic carbocycles. The van der Waals surface area contributed by atoms with Crippen LogP contribution in [-0.4, -0.2) is 21.5 Å². The first-order valence-electron chi connectivity index (χ1n) is 9.53. The zero-order valence-corrected chi connectivity index (χ0v) is 16.5. The predicted octanol–water partition coefficient (Wildman–Crippen LogP) is 4.12. The molecule has 0 bridgehead atoms. The standard InChI is InChI=1S/C21H27FN4O2/c1-21(2,3)28-19(27)14-6-4-12(5-7-14)15(22)10-8-13-9-11-16-17(13)18(23)26-20(24)25-16/h4-7,13,15H,8-11H2,1-3H3,(H4,23,24,25,26). The summed E-state index contributed by atoms with van der Waals surface area (Å²) in [4.78, 5) is 20.4. The minimum atomic E-state index is -1.12. The number of halogens is 1. The lowest BCUT2D eigenvalue weighted by Gasteiger charge is -2.19. The fraction of sp³-hybridized carbons (Fsp3) is 0.476. The molecule has 3 rings (SSSR count). The third kappa shape index (κ3) is 4.58. The van der Waals surface area contributed by atoms with E-state index in [9.17, 15) is 9.18 Å². The fourth-order valence-electron chi connectivity index (χ4n) is 3.61. The number of esters is 1. The summed E-state index contributed by atoms with van der Waals surface area (Å²) in [5.41, 5.74) is 13.8. The number of benzene rings is 1. The van der Waals surface area contributed by atoms with Gasteiger partial charge in [-0.15, -0.1) is 0 Å². The molecule has 1 aromatic heterocycles. The van der Waals surface area contributed by atoms with Gasteiger partial charge in [0.2, 0.25) is 5.95 Å². The molecule has 6 nitrogen and oxygen atoms in total. The highest BCUT2D eigenvalue weighted by Gasteiger charge is 2.28. The molecule has 0 aliphatic heterocycles. The second-order valence-corrected chi connectivity index (χ2v) is 8.23. The number of ether oxygens (including phenoxy) is 1. The molecule has 0 saturated heterocycles. The number of hydrogen-bond donors (Lipinski definition) is 2. The van der Waals surface area contributed by atoms with Crippen molar-refractivity contribution in [3.05, 3.63) is 46.6 Å². The van der Waals surface area contributed by atoms with E-state index in [1.165, 1.54) is 0 Å². The predicted molar refractivity (Wildman–Crippen MR) is 107 cm³/mol. The molecule has 150 valence electrons. The van der Waals surface area contributed by atoms with E-state index in [-0.39, 0.29) is 11.9 Å². The van der Waals surface area contributed by atoms with E-state index in [0.717, 1.165) is 24.1 Å². The number of carbonyl (C=O) groups excluding carboxylic acids is 1. The lowest BCUT2D eigenvalue weighted by Crippen LogP contribution is -2.23. The number of rotatable bonds is 5. The van der Waals surface area contributed by atoms with E-state index in [0.29, 0.717) is 29.8 Å². The number of nitrogens with zero attached hydrogens (tertiary/aromatic N) is 2. The van der Waals surface area contributed by atoms with Crippen molar-refractivity contribution in [2.24, 2.45) is 0 Å². The second-order valence-electron chi connectivity index (χ2n) is 8.23. The van der Waals surface area contributed by atoms with Crippen LogP contribution in [0.4, 0.5) is 16.2 Å². The SMILES string of the molecule is CC(C)(C)OC(=O)c1ccc(C(F)CCC2CCc3nc(N)nc(N)c32)cc1. The highest BCUT2D eigenvalue weighted by atomic mass is 19.1. The van der Waals surface area contributed by atoms with E-state index in [1.54, 1.807) is 24.3 Å². The van der Waals surface area contributed by atoms with Crippen molar-refractivity contribution < 1.29 is 13.9 Å². The molecular weight excluding hydrogens is 359 g/mol. The van der Waals surface area contributed by atoms with Crippen LogP contribution in [0.25, 0.3) is 0 Å². The summed E-state index contributed by atoms with van der Waals surface area (Å²) in [5, 5.41) is 0. The van der Waals surface area contributed by atoms with E-state index in [1.807, 2.05) is 20.8 Å². The van der Waals surface area contributed by atoms with Crippen LogP contribution >= 0.6 is 0 Å². The van der Waals surface area contributed by atoms with Crippen LogP contribution in [0.15, 0.2) is 24.3 Å². The number of aryl methyl sites for hydroxylation is 1. The van der Waals surface area contributed by atoms with Gasteiger partial charge in [0.25, 0.3) is 0 Å². The van der Waals surface area contributed by atoms with Gasteiger partial charge in [-0.1, -0.05) is 12.1 Å². The highest BCUT2D eigenvalue weighted by Crippen LogP contribution is 2.40. The van der Waals surface area contributed by atoms with Crippen LogP contribution in [0.3, 0.4) is 0 Å². The maximum Gasteiger partial charge on any atom is 0.338 e. The monoisotopic (exact) mass is 386 g/mol. The number of anilines is 2. The van der Waals surface area contributed by atoms with E-state index < -0.39 is 17.7 Å². The van der Waals surface area contributed by atoms with Crippen LogP contribution in [0, 0.1) is 0 Å². The smallest absolute Gasteiger partial charge is 0.338 e. The minimum absolute atomic E-state index is 0.148. The first kappa shape index (κ1) is 20.0. The summed E-state index contributed by atoms with van der Waals surface area (Å²) in [6, 6.07) is 6.50. The van der Waals surface area contributed by atoms with Crippen LogP contribution < -0.4 is 11.5 Å². The summed E-state index contributed by atoms with van der Waals surface area (Å²) >= 11 is 0. The molecule has 2 atom stereocenters. The Labute approximate surface area is 164 Å². The average Bonchev–Trinajstić information content (AvgIpc) is 3.01. The number of aromatic nitrogens is 2. The van der Waals surface area contributed by atoms with Crippen molar-refractivity contribution in [2.45, 2.75) is 64.1 Å². The van der Waals surface area contributed by atoms with Gasteiger partial charge in [-0.25, -0.2) is 14.2 Å². The molecule has 1 aromatic carbocycles. The molecule has 0 saturated carbocycles. The van der Waals surface area contributed by atoms with Gasteiger partial charge in [-0.3, -0.25) is 0 Å². The van der Waals surface area contributed by atoms with E-state index in [4.69, 9.17) is 16.2 Å². The highest BCUT2D eigenvalue weighted by molar-refractivity contribution is 5.89. The van der Waals surface area contributed by atoms with Crippen LogP contribution in [-0.2, 0) is 11.2 Å². The summed E-state index contributed by atoms with van der Waals surface area (Å²) < 4.78 is 20.1. The average molecular weight is 386 g/mol. The van der Waals surface area contributed by atoms with Gasteiger partial charge < -0.3 is 16.2 Å². The lowest BCUT2D eigenvalue weighted by molar-refractivity contribution is 0.00694. The third-order valence-electron chi connectivity index (χ3n) is 4.88. The number of nitrogen functional groups attached to an aromatic ring is 2. The minimum Gasteiger partial charge on any atom is -0.456 e. The fourth-order valence-corrected chi connectivity index (χ4v) is 3.61. The zero-order chi connectivity index (χ0) is 20.5. The molecule has 2 unspecified atom stereocenters. The number of nitrogens with two attached hydrogens (primary N) is 2. The molecule has 0 amide bonds. The molecule has 0 spiro atoms. The van der Waals surface area contributed by atoms with Crippen molar-refractivity contribution in [1.82, 2.24) is 9.97 Å². The lowest BCUT2D eigenvalue weighted by atomic mass is 9.94. The van der Waals surface area contributed by atoms with Gasteiger partial charge >= 0.3 is 5.97 Å². The molecule has 2 aromatic rings. The number of fused-ring (bicyclic) bond motifs is 1. The molecule has 1 aliphatic rings. The van der Waals surface area contributed by atoms with Crippen molar-refractivity contribution in [2.75, 3.05) is 11.5 Å². The van der Waals surface area contributed by atoms with Crippen molar-refractivity contribution in [3.63, 3.8) is 0 Å². The summed E-state index contributed by atoms with van der Waals surface area (Å²) in [6.07, 6.45) is 1.56. The molecule has 0 radical (unpaired) electrons. The first-order chi connectivity index (χ1) is 13.1. The summed E-state index contributed by atoms with van der Waals surface area (Å²) in [7, 11) is 0. The Bertz CT molecular complexity index is 862. The van der Waals surface area contributed by atoms with Gasteiger partial charge in [-0.2, -0.15) is 4.98 Å². The van der Waals surface area contributed by atoms with Crippen molar-refractivity contribution in [3.8, 4) is 0 Å². The van der Waals surface area contributed by atoms with E-state index in [2.05, 4.69) is 9.97 Å². The van der Waals surface area contributed by atoms with Gasteiger partial charge in [0.1, 0.15) is 17.6 Å². The van der Waals surface area contributed by atoms with Crippen LogP contribution in [0.5, 0.6) is 0 Å². The van der Waals surface area contributed by atoms with Gasteiger partial charge in [-0.05, 0) is 70.1 Å². The number of hydrogen-bond acceptors (Lipinski definition) is 6. The Hall–Kier alpha value is -2.70. The number of carbonyl (C=O) groups is 1. The Balaban J connectivity index is 1.61. The Morgan fingerprint density at radius 2 is 1.93 bits per heavy atom. The maximum absolute atomic E-state index is 14.7. The van der Waals surface area contributed by atoms with Gasteiger partial charge in [0.15, 0.2) is 0 Å². The van der Waals surface area contributed by atoms with Gasteiger partial charge in [0, 0.05) is 5.56 Å². The topological polar surface area (TPSA) is 104 Å². The van der Waals surface area contributed by atoms with Crippen molar-refractivity contribution in [1.29, 1.82) is 0 Å². The normalized spacial score (nSPS) is 17.2. The summed E-state index contributed by atoms with van der Waals surface area (Å²) in [6.45, 7) is 5.43. The molecule has 28 heavy (non-hydrogen) atoms. The third-order valence-corrected chi connectivity index (χ3v) is 4.88. The van der Waals surface area contributed by atoms with Crippen LogP contribution in [0.1, 0.15) is 79.3 Å². The molecule has 0 fully saturated rings.